The lowest BCUT2D eigenvalue weighted by atomic mass is 9.86. The van der Waals surface area contributed by atoms with Gasteiger partial charge in [0.2, 0.25) is 5.91 Å². The van der Waals surface area contributed by atoms with Crippen LogP contribution in [0.25, 0.3) is 0 Å². The number of nitrogens with one attached hydrogen (secondary N) is 1. The maximum absolute atomic E-state index is 12.9. The molecule has 0 saturated carbocycles. The number of rotatable bonds is 6. The van der Waals surface area contributed by atoms with E-state index < -0.39 is 47.8 Å². The smallest absolute Gasteiger partial charge is 0.229 e. The second-order valence-electron chi connectivity index (χ2n) is 7.42. The zero-order chi connectivity index (χ0) is 19.6. The minimum absolute atomic E-state index is 0.138. The van der Waals surface area contributed by atoms with E-state index >= 15 is 0 Å². The molecule has 8 nitrogen and oxygen atoms in total. The van der Waals surface area contributed by atoms with Crippen molar-refractivity contribution in [1.29, 1.82) is 0 Å². The van der Waals surface area contributed by atoms with Gasteiger partial charge in [-0.05, 0) is 32.6 Å². The summed E-state index contributed by atoms with van der Waals surface area (Å²) in [5.41, 5.74) is -0.786. The molecule has 0 aromatic carbocycles. The topological polar surface area (TPSA) is 122 Å². The molecule has 0 aliphatic carbocycles. The van der Waals surface area contributed by atoms with E-state index in [0.29, 0.717) is 5.92 Å². The zero-order valence-corrected chi connectivity index (χ0v) is 16.6. The fourth-order valence-corrected chi connectivity index (χ4v) is 4.52. The highest BCUT2D eigenvalue weighted by Gasteiger charge is 2.49. The number of hydrogen-bond acceptors (Lipinski definition) is 8. The van der Waals surface area contributed by atoms with Crippen molar-refractivity contribution in [3.8, 4) is 0 Å². The van der Waals surface area contributed by atoms with Gasteiger partial charge >= 0.3 is 0 Å². The monoisotopic (exact) mass is 392 g/mol. The molecular weight excluding hydrogens is 360 g/mol. The first-order valence-corrected chi connectivity index (χ1v) is 10.4. The summed E-state index contributed by atoms with van der Waals surface area (Å²) in [6, 6.07) is 0. The average Bonchev–Trinajstić information content (AvgIpc) is 2.94. The van der Waals surface area contributed by atoms with Crippen molar-refractivity contribution >= 4 is 17.7 Å². The molecule has 1 amide bonds. The van der Waals surface area contributed by atoms with Gasteiger partial charge in [-0.2, -0.15) is 0 Å². The molecule has 9 heteroatoms. The van der Waals surface area contributed by atoms with E-state index in [1.165, 1.54) is 18.7 Å². The van der Waals surface area contributed by atoms with Crippen molar-refractivity contribution in [3.63, 3.8) is 0 Å². The Morgan fingerprint density at radius 2 is 1.96 bits per heavy atom. The van der Waals surface area contributed by atoms with Crippen LogP contribution in [0.3, 0.4) is 0 Å². The van der Waals surface area contributed by atoms with Crippen LogP contribution in [0.2, 0.25) is 0 Å². The number of ether oxygens (including phenoxy) is 1. The van der Waals surface area contributed by atoms with Crippen LogP contribution in [0.5, 0.6) is 0 Å². The summed E-state index contributed by atoms with van der Waals surface area (Å²) < 4.78 is 5.68. The van der Waals surface area contributed by atoms with Crippen LogP contribution in [0.4, 0.5) is 0 Å². The lowest BCUT2D eigenvalue weighted by Crippen LogP contribution is -2.62. The van der Waals surface area contributed by atoms with Crippen molar-refractivity contribution < 1.29 is 30.0 Å². The van der Waals surface area contributed by atoms with Crippen molar-refractivity contribution in [2.45, 2.75) is 68.8 Å². The predicted molar refractivity (Wildman–Crippen MR) is 98.3 cm³/mol. The molecule has 26 heavy (non-hydrogen) atoms. The Morgan fingerprint density at radius 3 is 2.46 bits per heavy atom. The second kappa shape index (κ2) is 9.18. The SMILES string of the molecule is CCC1CC(NC(=O)C(C(C)O)C2OC(SC)C(O)C(O)C2O)N(C)C1. The van der Waals surface area contributed by atoms with Gasteiger partial charge in [-0.15, -0.1) is 11.8 Å². The summed E-state index contributed by atoms with van der Waals surface area (Å²) in [6.45, 7) is 4.46. The third-order valence-corrected chi connectivity index (χ3v) is 6.39. The summed E-state index contributed by atoms with van der Waals surface area (Å²) in [7, 11) is 1.94. The summed E-state index contributed by atoms with van der Waals surface area (Å²) in [4.78, 5) is 14.9. The molecule has 0 aromatic heterocycles. The molecule has 2 rings (SSSR count). The number of carbonyl (C=O) groups is 1. The van der Waals surface area contributed by atoms with Crippen molar-refractivity contribution in [3.05, 3.63) is 0 Å². The van der Waals surface area contributed by atoms with Gasteiger partial charge in [-0.3, -0.25) is 9.69 Å². The van der Waals surface area contributed by atoms with Gasteiger partial charge in [0.15, 0.2) is 0 Å². The van der Waals surface area contributed by atoms with E-state index in [9.17, 15) is 25.2 Å². The molecular formula is C17H32N2O6S. The summed E-state index contributed by atoms with van der Waals surface area (Å²) in [5.74, 6) is -0.985. The Balaban J connectivity index is 2.13. The number of aliphatic hydroxyl groups excluding tert-OH is 4. The lowest BCUT2D eigenvalue weighted by Gasteiger charge is -2.43. The Labute approximate surface area is 158 Å². The van der Waals surface area contributed by atoms with E-state index in [1.807, 2.05) is 7.05 Å². The first-order valence-electron chi connectivity index (χ1n) is 9.12. The van der Waals surface area contributed by atoms with Crippen LogP contribution < -0.4 is 5.32 Å². The number of hydrogen-bond donors (Lipinski definition) is 5. The van der Waals surface area contributed by atoms with E-state index in [-0.39, 0.29) is 6.17 Å². The molecule has 2 heterocycles. The molecule has 2 fully saturated rings. The summed E-state index contributed by atoms with van der Waals surface area (Å²) >= 11 is 1.18. The quantitative estimate of drug-likeness (QED) is 0.388. The van der Waals surface area contributed by atoms with Gasteiger partial charge in [-0.25, -0.2) is 0 Å². The third kappa shape index (κ3) is 4.52. The molecule has 2 saturated heterocycles. The first kappa shape index (κ1) is 21.9. The van der Waals surface area contributed by atoms with E-state index in [4.69, 9.17) is 4.74 Å². The minimum Gasteiger partial charge on any atom is -0.392 e. The van der Waals surface area contributed by atoms with Gasteiger partial charge in [0.1, 0.15) is 29.9 Å². The number of amides is 1. The van der Waals surface area contributed by atoms with Crippen LogP contribution in [0, 0.1) is 11.8 Å². The number of aliphatic hydroxyl groups is 4. The van der Waals surface area contributed by atoms with Crippen molar-refractivity contribution in [1.82, 2.24) is 10.2 Å². The molecule has 0 radical (unpaired) electrons. The number of carbonyl (C=O) groups excluding carboxylic acids is 1. The van der Waals surface area contributed by atoms with Crippen LogP contribution in [-0.4, -0.2) is 93.2 Å². The Morgan fingerprint density at radius 1 is 1.31 bits per heavy atom. The Hall–Kier alpha value is -0.420. The molecule has 9 atom stereocenters. The average molecular weight is 393 g/mol. The highest BCUT2D eigenvalue weighted by atomic mass is 32.2. The van der Waals surface area contributed by atoms with E-state index in [0.717, 1.165) is 19.4 Å². The fourth-order valence-electron chi connectivity index (χ4n) is 3.84. The van der Waals surface area contributed by atoms with Crippen LogP contribution in [-0.2, 0) is 9.53 Å². The zero-order valence-electron chi connectivity index (χ0n) is 15.8. The molecule has 152 valence electrons. The third-order valence-electron chi connectivity index (χ3n) is 5.54. The van der Waals surface area contributed by atoms with Gasteiger partial charge in [0, 0.05) is 6.54 Å². The Kier molecular flexibility index (Phi) is 7.73. The normalized spacial score (nSPS) is 41.0. The maximum atomic E-state index is 12.9. The molecule has 9 unspecified atom stereocenters. The molecule has 0 aromatic rings. The molecule has 0 spiro atoms. The number of likely N-dealkylation sites (tertiary alicyclic amines) is 1. The summed E-state index contributed by atoms with van der Waals surface area (Å²) in [6.07, 6.45) is -2.96. The molecule has 5 N–H and O–H groups in total. The number of thioether (sulfide) groups is 1. The van der Waals surface area contributed by atoms with E-state index in [1.54, 1.807) is 6.26 Å². The first-order chi connectivity index (χ1) is 12.2. The van der Waals surface area contributed by atoms with Crippen molar-refractivity contribution in [2.24, 2.45) is 11.8 Å². The lowest BCUT2D eigenvalue weighted by molar-refractivity contribution is -0.218. The molecule has 2 aliphatic heterocycles. The van der Waals surface area contributed by atoms with Gasteiger partial charge in [-0.1, -0.05) is 13.3 Å². The second-order valence-corrected chi connectivity index (χ2v) is 8.35. The molecule has 0 bridgehead atoms. The standard InChI is InChI=1S/C17H32N2O6S/c1-5-9-6-10(19(3)7-9)18-16(24)11(8(2)20)15-13(22)12(21)14(23)17(25-15)26-4/h8-15,17,20-23H,5-7H2,1-4H3,(H,18,24). The Bertz CT molecular complexity index is 480. The van der Waals surface area contributed by atoms with Crippen LogP contribution >= 0.6 is 11.8 Å². The van der Waals surface area contributed by atoms with Crippen molar-refractivity contribution in [2.75, 3.05) is 19.8 Å². The fraction of sp³-hybridized carbons (Fsp3) is 0.941. The van der Waals surface area contributed by atoms with Gasteiger partial charge in [0.25, 0.3) is 0 Å². The van der Waals surface area contributed by atoms with Gasteiger partial charge in [0.05, 0.1) is 18.2 Å². The van der Waals surface area contributed by atoms with Crippen LogP contribution in [0.15, 0.2) is 0 Å². The largest absolute Gasteiger partial charge is 0.392 e. The highest BCUT2D eigenvalue weighted by Crippen LogP contribution is 2.32. The highest BCUT2D eigenvalue weighted by molar-refractivity contribution is 7.99. The van der Waals surface area contributed by atoms with Crippen LogP contribution in [0.1, 0.15) is 26.7 Å². The summed E-state index contributed by atoms with van der Waals surface area (Å²) in [5, 5.41) is 43.5. The predicted octanol–water partition coefficient (Wildman–Crippen LogP) is -1.04. The minimum atomic E-state index is -1.47. The maximum Gasteiger partial charge on any atom is 0.229 e. The van der Waals surface area contributed by atoms with E-state index in [2.05, 4.69) is 17.1 Å². The number of nitrogens with zero attached hydrogens (tertiary/aromatic N) is 1. The van der Waals surface area contributed by atoms with Gasteiger partial charge < -0.3 is 30.5 Å². The molecule has 2 aliphatic rings.